The van der Waals surface area contributed by atoms with Crippen molar-refractivity contribution in [2.75, 3.05) is 26.2 Å². The molecule has 0 amide bonds. The van der Waals surface area contributed by atoms with Crippen molar-refractivity contribution in [1.82, 2.24) is 4.90 Å². The molecule has 176 valence electrons. The van der Waals surface area contributed by atoms with Gasteiger partial charge in [-0.05, 0) is 55.0 Å². The number of rotatable bonds is 6. The highest BCUT2D eigenvalue weighted by Crippen LogP contribution is 2.21. The normalized spacial score (nSPS) is 14.8. The van der Waals surface area contributed by atoms with Crippen LogP contribution in [-0.4, -0.2) is 53.0 Å². The van der Waals surface area contributed by atoms with Crippen molar-refractivity contribution in [3.05, 3.63) is 54.0 Å². The Morgan fingerprint density at radius 3 is 2.10 bits per heavy atom. The first-order chi connectivity index (χ1) is 11.7. The van der Waals surface area contributed by atoms with Crippen molar-refractivity contribution in [2.24, 2.45) is 5.92 Å². The summed E-state index contributed by atoms with van der Waals surface area (Å²) in [6.45, 7) is 6.69. The molecule has 2 heterocycles. The van der Waals surface area contributed by atoms with Crippen LogP contribution in [0.25, 0.3) is 11.1 Å². The van der Waals surface area contributed by atoms with E-state index in [1.165, 1.54) is 38.3 Å². The maximum absolute atomic E-state index is 11.1. The fraction of sp³-hybridized carbons (Fsp3) is 0.450. The lowest BCUT2D eigenvalue weighted by molar-refractivity contribution is -0.605. The highest BCUT2D eigenvalue weighted by Gasteiger charge is 2.15. The predicted molar refractivity (Wildman–Crippen MR) is 125 cm³/mol. The number of piperidine rings is 1. The molecule has 1 atom stereocenters. The number of pyridine rings is 1. The van der Waals surface area contributed by atoms with Crippen molar-refractivity contribution in [3.8, 4) is 16.9 Å². The average Bonchev–Trinajstić information content (AvgIpc) is 2.60. The van der Waals surface area contributed by atoms with Crippen molar-refractivity contribution >= 4 is 24.8 Å². The van der Waals surface area contributed by atoms with Gasteiger partial charge in [-0.1, -0.05) is 19.1 Å². The molecule has 2 aromatic rings. The molecule has 1 aromatic heterocycles. The number of aromatic nitrogens is 1. The van der Waals surface area contributed by atoms with Crippen molar-refractivity contribution in [3.63, 3.8) is 0 Å². The molecule has 0 bridgehead atoms. The summed E-state index contributed by atoms with van der Waals surface area (Å²) in [4.78, 5) is 2.55. The van der Waals surface area contributed by atoms with E-state index in [2.05, 4.69) is 11.8 Å². The summed E-state index contributed by atoms with van der Waals surface area (Å²) in [6.07, 6.45) is 6.80. The van der Waals surface area contributed by atoms with Gasteiger partial charge < -0.3 is 36.7 Å². The van der Waals surface area contributed by atoms with Gasteiger partial charge in [-0.2, -0.15) is 4.73 Å². The van der Waals surface area contributed by atoms with Crippen LogP contribution in [0.4, 0.5) is 0 Å². The fourth-order valence-corrected chi connectivity index (χ4v) is 3.32. The summed E-state index contributed by atoms with van der Waals surface area (Å²) >= 11 is 0. The number of halogens is 2. The highest BCUT2D eigenvalue weighted by atomic mass is 35.5. The van der Waals surface area contributed by atoms with Crippen molar-refractivity contribution < 1.29 is 31.4 Å². The second-order valence-corrected chi connectivity index (χ2v) is 6.72. The smallest absolute Gasteiger partial charge is 0.180 e. The lowest BCUT2D eigenvalue weighted by atomic mass is 10.0. The first kappa shape index (κ1) is 35.8. The minimum Gasteiger partial charge on any atom is -0.619 e. The predicted octanol–water partition coefficient (Wildman–Crippen LogP) is 1.03. The summed E-state index contributed by atoms with van der Waals surface area (Å²) in [5.41, 5.74) is 2.12. The second kappa shape index (κ2) is 18.1. The van der Waals surface area contributed by atoms with Crippen LogP contribution in [0.1, 0.15) is 26.2 Å². The summed E-state index contributed by atoms with van der Waals surface area (Å²) < 4.78 is 6.65. The van der Waals surface area contributed by atoms with Crippen molar-refractivity contribution in [1.29, 1.82) is 0 Å². The third kappa shape index (κ3) is 10.9. The molecule has 0 radical (unpaired) electrons. The Bertz CT molecular complexity index is 647. The zero-order chi connectivity index (χ0) is 16.8. The maximum Gasteiger partial charge on any atom is 0.180 e. The highest BCUT2D eigenvalue weighted by molar-refractivity contribution is 5.85. The van der Waals surface area contributed by atoms with Gasteiger partial charge in [-0.15, -0.1) is 24.8 Å². The number of hydrogen-bond acceptors (Lipinski definition) is 3. The van der Waals surface area contributed by atoms with E-state index < -0.39 is 0 Å². The molecular formula is C20H36Cl2N2O6. The molecule has 1 aromatic carbocycles. The van der Waals surface area contributed by atoms with Gasteiger partial charge in [-0.3, -0.25) is 0 Å². The van der Waals surface area contributed by atoms with Crippen LogP contribution < -0.4 is 9.47 Å². The average molecular weight is 471 g/mol. The Morgan fingerprint density at radius 2 is 1.53 bits per heavy atom. The molecule has 1 aliphatic rings. The van der Waals surface area contributed by atoms with Crippen LogP contribution in [-0.2, 0) is 0 Å². The second-order valence-electron chi connectivity index (χ2n) is 6.72. The summed E-state index contributed by atoms with van der Waals surface area (Å²) in [5, 5.41) is 11.1. The van der Waals surface area contributed by atoms with Gasteiger partial charge >= 0.3 is 0 Å². The molecule has 1 fully saturated rings. The molecule has 0 spiro atoms. The SMILES string of the molecule is C[C@H]1CCCN(CCCOc2ccc(-c3cc[n+]([O-])cc3)cc2)C1.Cl.Cl.O.O.O.O. The molecule has 0 aliphatic carbocycles. The molecule has 1 saturated heterocycles. The van der Waals surface area contributed by atoms with Crippen LogP contribution in [0.3, 0.4) is 0 Å². The molecule has 10 heteroatoms. The zero-order valence-corrected chi connectivity index (χ0v) is 18.8. The lowest BCUT2D eigenvalue weighted by Crippen LogP contribution is -2.35. The summed E-state index contributed by atoms with van der Waals surface area (Å²) in [7, 11) is 0. The van der Waals surface area contributed by atoms with Gasteiger partial charge in [0.15, 0.2) is 12.4 Å². The number of benzene rings is 1. The molecule has 30 heavy (non-hydrogen) atoms. The van der Waals surface area contributed by atoms with Gasteiger partial charge in [0.1, 0.15) is 5.75 Å². The molecule has 8 nitrogen and oxygen atoms in total. The Balaban J connectivity index is -0.000000563. The van der Waals surface area contributed by atoms with Crippen LogP contribution >= 0.6 is 24.8 Å². The summed E-state index contributed by atoms with van der Waals surface area (Å²) in [6, 6.07) is 11.7. The third-order valence-corrected chi connectivity index (χ3v) is 4.62. The number of ether oxygens (including phenoxy) is 1. The van der Waals surface area contributed by atoms with E-state index in [0.717, 1.165) is 47.1 Å². The van der Waals surface area contributed by atoms with E-state index in [0.29, 0.717) is 0 Å². The van der Waals surface area contributed by atoms with Gasteiger partial charge in [-0.25, -0.2) is 0 Å². The Hall–Kier alpha value is -1.65. The minimum absolute atomic E-state index is 0. The lowest BCUT2D eigenvalue weighted by Gasteiger charge is -2.30. The maximum atomic E-state index is 11.1. The Kier molecular flexibility index (Phi) is 21.6. The molecule has 1 aliphatic heterocycles. The monoisotopic (exact) mass is 470 g/mol. The first-order valence-electron chi connectivity index (χ1n) is 8.85. The molecule has 3 rings (SSSR count). The van der Waals surface area contributed by atoms with Crippen LogP contribution in [0, 0.1) is 11.1 Å². The number of nitrogens with zero attached hydrogens (tertiary/aromatic N) is 2. The molecular weight excluding hydrogens is 435 g/mol. The van der Waals surface area contributed by atoms with E-state index in [9.17, 15) is 5.21 Å². The van der Waals surface area contributed by atoms with E-state index in [4.69, 9.17) is 4.74 Å². The molecule has 0 unspecified atom stereocenters. The number of likely N-dealkylation sites (tertiary alicyclic amines) is 1. The van der Waals surface area contributed by atoms with Crippen LogP contribution in [0.5, 0.6) is 5.75 Å². The quantitative estimate of drug-likeness (QED) is 0.349. The van der Waals surface area contributed by atoms with Gasteiger partial charge in [0.25, 0.3) is 0 Å². The van der Waals surface area contributed by atoms with Crippen LogP contribution in [0.2, 0.25) is 0 Å². The fourth-order valence-electron chi connectivity index (χ4n) is 3.32. The third-order valence-electron chi connectivity index (χ3n) is 4.62. The van der Waals surface area contributed by atoms with E-state index >= 15 is 0 Å². The topological polar surface area (TPSA) is 165 Å². The molecule has 8 N–H and O–H groups in total. The zero-order valence-electron chi connectivity index (χ0n) is 17.2. The van der Waals surface area contributed by atoms with Gasteiger partial charge in [0.2, 0.25) is 0 Å². The van der Waals surface area contributed by atoms with E-state index in [-0.39, 0.29) is 46.7 Å². The van der Waals surface area contributed by atoms with Crippen molar-refractivity contribution in [2.45, 2.75) is 26.2 Å². The minimum atomic E-state index is 0. The van der Waals surface area contributed by atoms with E-state index in [1.54, 1.807) is 0 Å². The largest absolute Gasteiger partial charge is 0.619 e. The Labute approximate surface area is 190 Å². The van der Waals surface area contributed by atoms with E-state index in [1.807, 2.05) is 36.4 Å². The summed E-state index contributed by atoms with van der Waals surface area (Å²) in [5.74, 6) is 1.74. The number of hydrogen-bond donors (Lipinski definition) is 0. The molecule has 0 saturated carbocycles. The first-order valence-corrected chi connectivity index (χ1v) is 8.85. The van der Waals surface area contributed by atoms with Crippen LogP contribution in [0.15, 0.2) is 48.8 Å². The van der Waals surface area contributed by atoms with Gasteiger partial charge in [0, 0.05) is 25.2 Å². The Morgan fingerprint density at radius 1 is 0.967 bits per heavy atom. The standard InChI is InChI=1S/C20H26N2O2.2ClH.4H2O/c1-17-4-2-11-21(16-17)12-3-15-24-20-7-5-18(6-8-20)19-9-13-22(23)14-10-19;;;;;;/h5-10,13-14,17H,2-4,11-12,15-16H2,1H3;2*1H;4*1H2/t17-;;;;;;/m0....../s1. The van der Waals surface area contributed by atoms with Gasteiger partial charge in [0.05, 0.1) is 6.61 Å².